The molecule has 0 unspecified atom stereocenters. The van der Waals surface area contributed by atoms with Crippen LogP contribution in [0.3, 0.4) is 0 Å². The molecule has 0 aliphatic carbocycles. The van der Waals surface area contributed by atoms with Gasteiger partial charge in [0, 0.05) is 11.1 Å². The number of morpholine rings is 1. The summed E-state index contributed by atoms with van der Waals surface area (Å²) in [6.07, 6.45) is 2.05. The summed E-state index contributed by atoms with van der Waals surface area (Å²) in [7, 11) is 0. The van der Waals surface area contributed by atoms with Gasteiger partial charge in [0.05, 0.1) is 13.2 Å². The molecule has 110 valence electrons. The lowest BCUT2D eigenvalue weighted by Crippen LogP contribution is -3.00. The van der Waals surface area contributed by atoms with Crippen molar-refractivity contribution in [3.05, 3.63) is 53.6 Å². The first-order chi connectivity index (χ1) is 9.81. The van der Waals surface area contributed by atoms with E-state index in [1.54, 1.807) is 0 Å². The van der Waals surface area contributed by atoms with E-state index in [0.29, 0.717) is 0 Å². The monoisotopic (exact) mass is 345 g/mol. The van der Waals surface area contributed by atoms with Crippen LogP contribution in [0.25, 0.3) is 16.8 Å². The second-order valence-corrected chi connectivity index (χ2v) is 6.07. The maximum atomic E-state index is 5.55. The highest BCUT2D eigenvalue weighted by molar-refractivity contribution is 5.92. The van der Waals surface area contributed by atoms with Gasteiger partial charge in [-0.05, 0) is 22.4 Å². The van der Waals surface area contributed by atoms with E-state index in [2.05, 4.69) is 36.9 Å². The van der Waals surface area contributed by atoms with Gasteiger partial charge >= 0.3 is 0 Å². The van der Waals surface area contributed by atoms with Crippen molar-refractivity contribution in [2.45, 2.75) is 13.1 Å². The summed E-state index contributed by atoms with van der Waals surface area (Å²) in [5, 5.41) is 2.68. The smallest absolute Gasteiger partial charge is 0.106 e. The first-order valence-corrected chi connectivity index (χ1v) is 7.40. The summed E-state index contributed by atoms with van der Waals surface area (Å²) in [6.45, 7) is 10.4. The van der Waals surface area contributed by atoms with Crippen LogP contribution in [0.2, 0.25) is 0 Å². The van der Waals surface area contributed by atoms with Crippen molar-refractivity contribution >= 4 is 16.8 Å². The van der Waals surface area contributed by atoms with Gasteiger partial charge in [-0.3, -0.25) is 0 Å². The van der Waals surface area contributed by atoms with Gasteiger partial charge in [-0.25, -0.2) is 0 Å². The van der Waals surface area contributed by atoms with Crippen LogP contribution in [0.1, 0.15) is 16.7 Å². The van der Waals surface area contributed by atoms with E-state index in [4.69, 9.17) is 4.74 Å². The number of hydrogen-bond donors (Lipinski definition) is 0. The van der Waals surface area contributed by atoms with Crippen molar-refractivity contribution < 1.29 is 26.2 Å². The molecule has 0 amide bonds. The van der Waals surface area contributed by atoms with E-state index in [0.717, 1.165) is 39.4 Å². The molecule has 4 rings (SSSR count). The van der Waals surface area contributed by atoms with Gasteiger partial charge < -0.3 is 26.2 Å². The quantitative estimate of drug-likeness (QED) is 0.677. The number of quaternary nitrogens is 1. The molecule has 0 N–H and O–H groups in total. The molecule has 0 atom stereocenters. The van der Waals surface area contributed by atoms with Gasteiger partial charge in [0.2, 0.25) is 0 Å². The maximum Gasteiger partial charge on any atom is 0.106 e. The minimum absolute atomic E-state index is 0. The van der Waals surface area contributed by atoms with E-state index in [9.17, 15) is 0 Å². The molecule has 1 spiro atoms. The summed E-state index contributed by atoms with van der Waals surface area (Å²) in [5.74, 6) is 0. The van der Waals surface area contributed by atoms with E-state index >= 15 is 0 Å². The normalized spacial score (nSPS) is 19.2. The molecule has 0 aromatic heterocycles. The number of benzene rings is 2. The molecular weight excluding hydrogens is 326 g/mol. The Bertz CT molecular complexity index is 689. The summed E-state index contributed by atoms with van der Waals surface area (Å²) < 4.78 is 6.73. The second-order valence-electron chi connectivity index (χ2n) is 6.07. The maximum absolute atomic E-state index is 5.55. The minimum atomic E-state index is 0. The molecule has 21 heavy (non-hydrogen) atoms. The van der Waals surface area contributed by atoms with Crippen LogP contribution in [0, 0.1) is 0 Å². The third-order valence-corrected chi connectivity index (χ3v) is 4.92. The van der Waals surface area contributed by atoms with Crippen LogP contribution >= 0.6 is 0 Å². The van der Waals surface area contributed by atoms with Gasteiger partial charge in [0.15, 0.2) is 0 Å². The van der Waals surface area contributed by atoms with Crippen LogP contribution in [-0.2, 0) is 17.8 Å². The first-order valence-electron chi connectivity index (χ1n) is 7.40. The van der Waals surface area contributed by atoms with Crippen molar-refractivity contribution in [3.63, 3.8) is 0 Å². The Kier molecular flexibility index (Phi) is 3.91. The number of nitrogens with zero attached hydrogens (tertiary/aromatic N) is 1. The molecular formula is C18H20BrNO. The zero-order chi connectivity index (χ0) is 13.6. The minimum Gasteiger partial charge on any atom is -1.00 e. The molecule has 3 heteroatoms. The van der Waals surface area contributed by atoms with Crippen LogP contribution < -0.4 is 17.0 Å². The summed E-state index contributed by atoms with van der Waals surface area (Å²) in [5.41, 5.74) is 4.38. The molecule has 0 bridgehead atoms. The van der Waals surface area contributed by atoms with Gasteiger partial charge in [-0.2, -0.15) is 0 Å². The van der Waals surface area contributed by atoms with Crippen molar-refractivity contribution in [3.8, 4) is 0 Å². The fraction of sp³-hybridized carbons (Fsp3) is 0.333. The summed E-state index contributed by atoms with van der Waals surface area (Å²) >= 11 is 0. The Hall–Kier alpha value is -1.16. The zero-order valence-electron chi connectivity index (χ0n) is 12.1. The SMILES string of the molecule is C=Cc1c2c(cc3ccccc13)C[N+]1(CCOCC1)C2.[Br-]. The molecule has 2 aromatic carbocycles. The molecule has 1 fully saturated rings. The molecule has 2 nitrogen and oxygen atoms in total. The average Bonchev–Trinajstić information content (AvgIpc) is 2.82. The lowest BCUT2D eigenvalue weighted by Gasteiger charge is -2.37. The molecule has 0 saturated carbocycles. The lowest BCUT2D eigenvalue weighted by molar-refractivity contribution is -0.953. The van der Waals surface area contributed by atoms with Crippen molar-refractivity contribution in [2.75, 3.05) is 26.3 Å². The molecule has 1 saturated heterocycles. The second kappa shape index (κ2) is 5.56. The van der Waals surface area contributed by atoms with E-state index < -0.39 is 0 Å². The van der Waals surface area contributed by atoms with Gasteiger partial charge in [0.25, 0.3) is 0 Å². The van der Waals surface area contributed by atoms with E-state index in [1.807, 2.05) is 6.08 Å². The van der Waals surface area contributed by atoms with Crippen LogP contribution in [0.15, 0.2) is 36.9 Å². The highest BCUT2D eigenvalue weighted by Crippen LogP contribution is 2.37. The highest BCUT2D eigenvalue weighted by atomic mass is 79.9. The fourth-order valence-corrected chi connectivity index (χ4v) is 3.84. The third kappa shape index (κ3) is 2.33. The number of hydrogen-bond acceptors (Lipinski definition) is 1. The molecule has 0 radical (unpaired) electrons. The molecule has 2 aliphatic heterocycles. The number of rotatable bonds is 1. The Balaban J connectivity index is 0.00000132. The van der Waals surface area contributed by atoms with Gasteiger partial charge in [0.1, 0.15) is 26.2 Å². The van der Waals surface area contributed by atoms with E-state index in [-0.39, 0.29) is 17.0 Å². The number of ether oxygens (including phenoxy) is 1. The lowest BCUT2D eigenvalue weighted by atomic mass is 9.96. The standard InChI is InChI=1S/C18H20NO.BrH/c1-2-16-17-6-4-3-5-14(17)11-15-12-19(13-18(15)16)7-9-20-10-8-19;/h2-6,11H,1,7-10,12-13H2;1H/q+1;/p-1. The van der Waals surface area contributed by atoms with Crippen molar-refractivity contribution in [2.24, 2.45) is 0 Å². The van der Waals surface area contributed by atoms with Crippen LogP contribution in [-0.4, -0.2) is 30.8 Å². The Morgan fingerprint density at radius 1 is 1.10 bits per heavy atom. The van der Waals surface area contributed by atoms with Gasteiger partial charge in [-0.15, -0.1) is 0 Å². The first kappa shape index (κ1) is 14.8. The largest absolute Gasteiger partial charge is 1.00 e. The molecule has 2 aliphatic rings. The Morgan fingerprint density at radius 3 is 2.62 bits per heavy atom. The molecule has 2 aromatic rings. The van der Waals surface area contributed by atoms with Crippen molar-refractivity contribution in [1.82, 2.24) is 0 Å². The van der Waals surface area contributed by atoms with Crippen LogP contribution in [0.4, 0.5) is 0 Å². The number of fused-ring (bicyclic) bond motifs is 2. The predicted octanol–water partition coefficient (Wildman–Crippen LogP) is 0.347. The summed E-state index contributed by atoms with van der Waals surface area (Å²) in [6, 6.07) is 11.1. The highest BCUT2D eigenvalue weighted by Gasteiger charge is 2.38. The Labute approximate surface area is 136 Å². The topological polar surface area (TPSA) is 9.23 Å². The predicted molar refractivity (Wildman–Crippen MR) is 82.3 cm³/mol. The molecule has 2 heterocycles. The number of halogens is 1. The van der Waals surface area contributed by atoms with E-state index in [1.165, 1.54) is 31.9 Å². The third-order valence-electron chi connectivity index (χ3n) is 4.92. The Morgan fingerprint density at radius 2 is 1.86 bits per heavy atom. The van der Waals surface area contributed by atoms with Crippen molar-refractivity contribution in [1.29, 1.82) is 0 Å². The fourth-order valence-electron chi connectivity index (χ4n) is 3.84. The van der Waals surface area contributed by atoms with Crippen LogP contribution in [0.5, 0.6) is 0 Å². The average molecular weight is 346 g/mol. The van der Waals surface area contributed by atoms with Gasteiger partial charge in [-0.1, -0.05) is 36.9 Å². The summed E-state index contributed by atoms with van der Waals surface area (Å²) in [4.78, 5) is 0. The zero-order valence-corrected chi connectivity index (χ0v) is 13.7.